The van der Waals surface area contributed by atoms with Gasteiger partial charge in [-0.25, -0.2) is 4.98 Å². The predicted molar refractivity (Wildman–Crippen MR) is 110 cm³/mol. The van der Waals surface area contributed by atoms with Gasteiger partial charge in [0, 0.05) is 11.8 Å². The van der Waals surface area contributed by atoms with Crippen LogP contribution in [0.2, 0.25) is 5.02 Å². The molecule has 2 aromatic carbocycles. The summed E-state index contributed by atoms with van der Waals surface area (Å²) < 4.78 is 11.1. The van der Waals surface area contributed by atoms with E-state index in [9.17, 15) is 4.79 Å². The number of halogens is 1. The molecule has 0 saturated carbocycles. The zero-order chi connectivity index (χ0) is 19.7. The average Bonchev–Trinajstić information content (AvgIpc) is 3.31. The Morgan fingerprint density at radius 1 is 1.18 bits per heavy atom. The summed E-state index contributed by atoms with van der Waals surface area (Å²) in [4.78, 5) is 16.7. The zero-order valence-corrected chi connectivity index (χ0v) is 16.1. The van der Waals surface area contributed by atoms with Crippen molar-refractivity contribution < 1.29 is 13.6 Å². The number of oxazole rings is 1. The number of carbonyl (C=O) groups excluding carboxylic acids is 1. The van der Waals surface area contributed by atoms with Crippen LogP contribution in [-0.2, 0) is 4.79 Å². The van der Waals surface area contributed by atoms with E-state index in [1.165, 1.54) is 6.08 Å². The zero-order valence-electron chi connectivity index (χ0n) is 15.3. The Morgan fingerprint density at radius 3 is 2.82 bits per heavy atom. The molecule has 0 radical (unpaired) electrons. The largest absolute Gasteiger partial charge is 0.465 e. The number of aromatic nitrogens is 1. The van der Waals surface area contributed by atoms with Crippen molar-refractivity contribution >= 4 is 40.4 Å². The average molecular weight is 393 g/mol. The first kappa shape index (κ1) is 18.1. The van der Waals surface area contributed by atoms with Crippen LogP contribution >= 0.6 is 11.6 Å². The van der Waals surface area contributed by atoms with Crippen LogP contribution in [-0.4, -0.2) is 10.9 Å². The van der Waals surface area contributed by atoms with Crippen LogP contribution in [0, 0.1) is 13.8 Å². The lowest BCUT2D eigenvalue weighted by Gasteiger charge is -2.05. The summed E-state index contributed by atoms with van der Waals surface area (Å²) in [5.41, 5.74) is 4.83. The van der Waals surface area contributed by atoms with Gasteiger partial charge in [0.15, 0.2) is 5.58 Å². The molecule has 0 atom stereocenters. The van der Waals surface area contributed by atoms with E-state index in [2.05, 4.69) is 10.3 Å². The van der Waals surface area contributed by atoms with E-state index in [1.54, 1.807) is 42.7 Å². The molecule has 2 aromatic heterocycles. The van der Waals surface area contributed by atoms with E-state index in [1.807, 2.05) is 26.0 Å². The molecule has 6 heteroatoms. The van der Waals surface area contributed by atoms with Gasteiger partial charge in [-0.2, -0.15) is 0 Å². The number of benzene rings is 2. The first-order valence-electron chi connectivity index (χ1n) is 8.70. The highest BCUT2D eigenvalue weighted by Gasteiger charge is 2.14. The Bertz CT molecular complexity index is 1190. The van der Waals surface area contributed by atoms with Gasteiger partial charge in [0.1, 0.15) is 11.3 Å². The first-order valence-corrected chi connectivity index (χ1v) is 9.08. The number of anilines is 1. The topological polar surface area (TPSA) is 68.3 Å². The molecule has 0 saturated heterocycles. The van der Waals surface area contributed by atoms with Gasteiger partial charge in [0.25, 0.3) is 0 Å². The summed E-state index contributed by atoms with van der Waals surface area (Å²) in [6, 6.07) is 12.7. The normalized spacial score (nSPS) is 11.4. The van der Waals surface area contributed by atoms with Gasteiger partial charge in [-0.3, -0.25) is 4.79 Å². The molecular formula is C22H17ClN2O3. The minimum atomic E-state index is -0.284. The third kappa shape index (κ3) is 3.70. The van der Waals surface area contributed by atoms with Gasteiger partial charge in [0.2, 0.25) is 11.8 Å². The maximum atomic E-state index is 12.2. The quantitative estimate of drug-likeness (QED) is 0.432. The standard InChI is InChI=1S/C22H17ClN2O3/c1-13-10-14(2)21-19(11-13)25-22(28-21)17-12-15(5-7-18(17)23)24-20(26)8-6-16-4-3-9-27-16/h3-12H,1-2H3,(H,24,26)/b8-6-. The molecule has 2 heterocycles. The number of rotatable bonds is 4. The van der Waals surface area contributed by atoms with Crippen LogP contribution in [0.3, 0.4) is 0 Å². The van der Waals surface area contributed by atoms with Gasteiger partial charge in [0.05, 0.1) is 16.8 Å². The van der Waals surface area contributed by atoms with Crippen LogP contribution in [0.1, 0.15) is 16.9 Å². The fourth-order valence-corrected chi connectivity index (χ4v) is 3.19. The summed E-state index contributed by atoms with van der Waals surface area (Å²) in [6.07, 6.45) is 4.55. The van der Waals surface area contributed by atoms with E-state index in [0.717, 1.165) is 22.2 Å². The molecule has 0 unspecified atom stereocenters. The second kappa shape index (κ2) is 7.37. The highest BCUT2D eigenvalue weighted by atomic mass is 35.5. The van der Waals surface area contributed by atoms with Crippen LogP contribution in [0.4, 0.5) is 5.69 Å². The van der Waals surface area contributed by atoms with E-state index < -0.39 is 0 Å². The van der Waals surface area contributed by atoms with E-state index in [0.29, 0.717) is 27.9 Å². The molecule has 0 aliphatic heterocycles. The molecule has 140 valence electrons. The molecule has 0 bridgehead atoms. The Kier molecular flexibility index (Phi) is 4.75. The van der Waals surface area contributed by atoms with Crippen LogP contribution < -0.4 is 5.32 Å². The minimum Gasteiger partial charge on any atom is -0.465 e. The van der Waals surface area contributed by atoms with Crippen molar-refractivity contribution in [3.05, 3.63) is 76.7 Å². The number of furan rings is 1. The van der Waals surface area contributed by atoms with Crippen molar-refractivity contribution in [2.75, 3.05) is 5.32 Å². The molecule has 4 rings (SSSR count). The van der Waals surface area contributed by atoms with Crippen LogP contribution in [0.25, 0.3) is 28.6 Å². The third-order valence-electron chi connectivity index (χ3n) is 4.23. The number of aryl methyl sites for hydroxylation is 2. The molecule has 28 heavy (non-hydrogen) atoms. The Balaban J connectivity index is 1.62. The number of fused-ring (bicyclic) bond motifs is 1. The van der Waals surface area contributed by atoms with Crippen molar-refractivity contribution in [3.8, 4) is 11.5 Å². The van der Waals surface area contributed by atoms with Gasteiger partial charge in [-0.05, 0) is 67.4 Å². The molecular weight excluding hydrogens is 376 g/mol. The highest BCUT2D eigenvalue weighted by Crippen LogP contribution is 2.33. The number of amides is 1. The number of nitrogens with one attached hydrogen (secondary N) is 1. The molecule has 0 fully saturated rings. The number of hydrogen-bond donors (Lipinski definition) is 1. The number of hydrogen-bond acceptors (Lipinski definition) is 4. The smallest absolute Gasteiger partial charge is 0.248 e. The molecule has 0 spiro atoms. The van der Waals surface area contributed by atoms with Gasteiger partial charge in [-0.15, -0.1) is 0 Å². The lowest BCUT2D eigenvalue weighted by molar-refractivity contribution is -0.111. The van der Waals surface area contributed by atoms with Gasteiger partial charge < -0.3 is 14.2 Å². The molecule has 1 amide bonds. The van der Waals surface area contributed by atoms with Crippen LogP contribution in [0.5, 0.6) is 0 Å². The predicted octanol–water partition coefficient (Wildman–Crippen LogP) is 6.01. The second-order valence-corrected chi connectivity index (χ2v) is 6.89. The summed E-state index contributed by atoms with van der Waals surface area (Å²) in [5, 5.41) is 3.29. The van der Waals surface area contributed by atoms with E-state index >= 15 is 0 Å². The fourth-order valence-electron chi connectivity index (χ4n) is 2.99. The summed E-state index contributed by atoms with van der Waals surface area (Å²) in [7, 11) is 0. The maximum Gasteiger partial charge on any atom is 0.248 e. The summed E-state index contributed by atoms with van der Waals surface area (Å²) >= 11 is 6.36. The van der Waals surface area contributed by atoms with E-state index in [4.69, 9.17) is 20.4 Å². The Hall–Kier alpha value is -3.31. The van der Waals surface area contributed by atoms with Crippen molar-refractivity contribution in [2.24, 2.45) is 0 Å². The monoisotopic (exact) mass is 392 g/mol. The lowest BCUT2D eigenvalue weighted by atomic mass is 10.1. The fraction of sp³-hybridized carbons (Fsp3) is 0.0909. The number of carbonyl (C=O) groups is 1. The molecule has 4 aromatic rings. The Morgan fingerprint density at radius 2 is 2.04 bits per heavy atom. The van der Waals surface area contributed by atoms with Crippen molar-refractivity contribution in [2.45, 2.75) is 13.8 Å². The molecule has 0 aliphatic carbocycles. The molecule has 5 nitrogen and oxygen atoms in total. The summed E-state index contributed by atoms with van der Waals surface area (Å²) in [6.45, 7) is 3.99. The van der Waals surface area contributed by atoms with Crippen molar-refractivity contribution in [3.63, 3.8) is 0 Å². The van der Waals surface area contributed by atoms with Crippen molar-refractivity contribution in [1.29, 1.82) is 0 Å². The third-order valence-corrected chi connectivity index (χ3v) is 4.56. The van der Waals surface area contributed by atoms with Crippen LogP contribution in [0.15, 0.2) is 63.6 Å². The maximum absolute atomic E-state index is 12.2. The van der Waals surface area contributed by atoms with E-state index in [-0.39, 0.29) is 5.91 Å². The first-order chi connectivity index (χ1) is 13.5. The van der Waals surface area contributed by atoms with Crippen molar-refractivity contribution in [1.82, 2.24) is 4.98 Å². The van der Waals surface area contributed by atoms with Gasteiger partial charge in [-0.1, -0.05) is 17.7 Å². The minimum absolute atomic E-state index is 0.284. The molecule has 0 aliphatic rings. The lowest BCUT2D eigenvalue weighted by Crippen LogP contribution is -2.07. The Labute approximate surface area is 166 Å². The SMILES string of the molecule is Cc1cc(C)c2oc(-c3cc(NC(=O)/C=C\c4ccco4)ccc3Cl)nc2c1. The second-order valence-electron chi connectivity index (χ2n) is 6.48. The summed E-state index contributed by atoms with van der Waals surface area (Å²) in [5.74, 6) is 0.730. The highest BCUT2D eigenvalue weighted by molar-refractivity contribution is 6.33. The molecule has 1 N–H and O–H groups in total. The number of nitrogens with zero attached hydrogens (tertiary/aromatic N) is 1. The van der Waals surface area contributed by atoms with Gasteiger partial charge >= 0.3 is 0 Å².